The molecule has 0 fully saturated rings. The second-order valence-electron chi connectivity index (χ2n) is 8.62. The van der Waals surface area contributed by atoms with Crippen molar-refractivity contribution in [3.8, 4) is 11.3 Å². The summed E-state index contributed by atoms with van der Waals surface area (Å²) in [6, 6.07) is 2.02. The number of hydrogen-bond acceptors (Lipinski definition) is 6. The quantitative estimate of drug-likeness (QED) is 0.522. The van der Waals surface area contributed by atoms with Gasteiger partial charge in [-0.1, -0.05) is 11.2 Å². The SMILES string of the molecule is COC1C=c2c([nH]c3ncnc(-c4c(C)[nH]c5cnccc45)c23)=CC1C1C(C)=NOC1C. The summed E-state index contributed by atoms with van der Waals surface area (Å²) in [6.45, 7) is 6.15. The largest absolute Gasteiger partial charge is 0.392 e. The number of ether oxygens (including phenoxy) is 1. The number of rotatable bonds is 3. The lowest BCUT2D eigenvalue weighted by Gasteiger charge is -2.29. The highest BCUT2D eigenvalue weighted by molar-refractivity contribution is 6.03. The zero-order valence-corrected chi connectivity index (χ0v) is 18.4. The number of nitrogens with zero attached hydrogens (tertiary/aromatic N) is 4. The van der Waals surface area contributed by atoms with Crippen LogP contribution < -0.4 is 10.6 Å². The predicted molar refractivity (Wildman–Crippen MR) is 123 cm³/mol. The molecule has 0 aromatic carbocycles. The Morgan fingerprint density at radius 2 is 2.00 bits per heavy atom. The van der Waals surface area contributed by atoms with Gasteiger partial charge in [-0.2, -0.15) is 0 Å². The summed E-state index contributed by atoms with van der Waals surface area (Å²) in [5.41, 5.74) is 5.82. The van der Waals surface area contributed by atoms with Crippen LogP contribution in [0.5, 0.6) is 0 Å². The summed E-state index contributed by atoms with van der Waals surface area (Å²) in [7, 11) is 1.75. The minimum absolute atomic E-state index is 0.00561. The van der Waals surface area contributed by atoms with Crippen LogP contribution in [0.2, 0.25) is 0 Å². The summed E-state index contributed by atoms with van der Waals surface area (Å²) >= 11 is 0. The molecule has 0 saturated heterocycles. The Kier molecular flexibility index (Phi) is 4.19. The normalized spacial score (nSPS) is 24.7. The van der Waals surface area contributed by atoms with Gasteiger partial charge in [0.2, 0.25) is 0 Å². The van der Waals surface area contributed by atoms with E-state index in [-0.39, 0.29) is 24.0 Å². The lowest BCUT2D eigenvalue weighted by Crippen LogP contribution is -2.42. The summed E-state index contributed by atoms with van der Waals surface area (Å²) < 4.78 is 5.95. The third-order valence-corrected chi connectivity index (χ3v) is 6.79. The van der Waals surface area contributed by atoms with Crippen molar-refractivity contribution < 1.29 is 9.57 Å². The minimum atomic E-state index is -0.109. The molecule has 4 atom stereocenters. The van der Waals surface area contributed by atoms with Crippen molar-refractivity contribution in [1.82, 2.24) is 24.9 Å². The number of pyridine rings is 1. The van der Waals surface area contributed by atoms with Gasteiger partial charge >= 0.3 is 0 Å². The first-order valence-electron chi connectivity index (χ1n) is 10.8. The molecule has 0 amide bonds. The summed E-state index contributed by atoms with van der Waals surface area (Å²) in [6.07, 6.45) is 9.61. The van der Waals surface area contributed by atoms with E-state index in [1.165, 1.54) is 0 Å². The first kappa shape index (κ1) is 19.2. The van der Waals surface area contributed by atoms with Gasteiger partial charge in [-0.15, -0.1) is 0 Å². The second-order valence-corrected chi connectivity index (χ2v) is 8.62. The zero-order chi connectivity index (χ0) is 22.0. The van der Waals surface area contributed by atoms with Gasteiger partial charge in [0.25, 0.3) is 0 Å². The van der Waals surface area contributed by atoms with Gasteiger partial charge in [-0.25, -0.2) is 9.97 Å². The van der Waals surface area contributed by atoms with Crippen LogP contribution in [0, 0.1) is 18.8 Å². The first-order chi connectivity index (χ1) is 15.6. The molecule has 2 aliphatic rings. The van der Waals surface area contributed by atoms with Crippen LogP contribution in [-0.2, 0) is 9.57 Å². The molecule has 4 aromatic heterocycles. The van der Waals surface area contributed by atoms with Crippen LogP contribution in [0.4, 0.5) is 0 Å². The van der Waals surface area contributed by atoms with Crippen molar-refractivity contribution in [2.45, 2.75) is 33.0 Å². The maximum atomic E-state index is 5.95. The Morgan fingerprint density at radius 1 is 1.12 bits per heavy atom. The number of aryl methyl sites for hydroxylation is 1. The summed E-state index contributed by atoms with van der Waals surface area (Å²) in [5.74, 6) is 0.267. The molecule has 6 rings (SSSR count). The lowest BCUT2D eigenvalue weighted by molar-refractivity contribution is 0.0417. The average Bonchev–Trinajstić information content (AvgIpc) is 3.44. The number of nitrogens with one attached hydrogen (secondary N) is 2. The fourth-order valence-corrected chi connectivity index (χ4v) is 5.36. The van der Waals surface area contributed by atoms with E-state index in [2.05, 4.69) is 51.1 Å². The maximum Gasteiger partial charge on any atom is 0.142 e. The fraction of sp³-hybridized carbons (Fsp3) is 0.333. The molecule has 2 N–H and O–H groups in total. The molecule has 8 nitrogen and oxygen atoms in total. The van der Waals surface area contributed by atoms with E-state index in [0.29, 0.717) is 0 Å². The molecule has 0 saturated carbocycles. The van der Waals surface area contributed by atoms with Crippen LogP contribution in [0.1, 0.15) is 19.5 Å². The zero-order valence-electron chi connectivity index (χ0n) is 18.4. The Bertz CT molecular complexity index is 1510. The van der Waals surface area contributed by atoms with Crippen molar-refractivity contribution in [3.63, 3.8) is 0 Å². The number of methoxy groups -OCH3 is 1. The van der Waals surface area contributed by atoms with Gasteiger partial charge in [0.15, 0.2) is 0 Å². The lowest BCUT2D eigenvalue weighted by atomic mass is 9.79. The van der Waals surface area contributed by atoms with E-state index in [4.69, 9.17) is 14.6 Å². The number of aromatic nitrogens is 5. The smallest absolute Gasteiger partial charge is 0.142 e. The topological polar surface area (TPSA) is 101 Å². The van der Waals surface area contributed by atoms with Crippen molar-refractivity contribution in [2.75, 3.05) is 7.11 Å². The van der Waals surface area contributed by atoms with E-state index in [1.54, 1.807) is 13.4 Å². The average molecular weight is 428 g/mol. The third kappa shape index (κ3) is 2.65. The Hall–Kier alpha value is -3.52. The third-order valence-electron chi connectivity index (χ3n) is 6.79. The van der Waals surface area contributed by atoms with Gasteiger partial charge in [0.1, 0.15) is 18.1 Å². The number of H-pyrrole nitrogens is 2. The van der Waals surface area contributed by atoms with Crippen LogP contribution in [0.3, 0.4) is 0 Å². The van der Waals surface area contributed by atoms with Crippen molar-refractivity contribution >= 4 is 39.8 Å². The van der Waals surface area contributed by atoms with Gasteiger partial charge < -0.3 is 19.5 Å². The number of oxime groups is 1. The van der Waals surface area contributed by atoms with E-state index in [1.807, 2.05) is 25.4 Å². The fourth-order valence-electron chi connectivity index (χ4n) is 5.36. The molecule has 32 heavy (non-hydrogen) atoms. The monoisotopic (exact) mass is 428 g/mol. The van der Waals surface area contributed by atoms with E-state index in [0.717, 1.165) is 55.2 Å². The Balaban J connectivity index is 1.62. The van der Waals surface area contributed by atoms with Gasteiger partial charge in [-0.05, 0) is 32.9 Å². The number of hydrogen-bond donors (Lipinski definition) is 2. The molecule has 4 unspecified atom stereocenters. The van der Waals surface area contributed by atoms with Crippen molar-refractivity contribution in [1.29, 1.82) is 0 Å². The highest BCUT2D eigenvalue weighted by Crippen LogP contribution is 2.34. The van der Waals surface area contributed by atoms with E-state index < -0.39 is 0 Å². The Labute approximate surface area is 184 Å². The van der Waals surface area contributed by atoms with Crippen LogP contribution in [0.25, 0.3) is 45.3 Å². The van der Waals surface area contributed by atoms with Crippen LogP contribution in [-0.4, -0.2) is 49.9 Å². The highest BCUT2D eigenvalue weighted by Gasteiger charge is 2.39. The molecule has 1 aliphatic heterocycles. The number of aromatic amines is 2. The van der Waals surface area contributed by atoms with Crippen LogP contribution >= 0.6 is 0 Å². The molecule has 0 spiro atoms. The second kappa shape index (κ2) is 7.00. The highest BCUT2D eigenvalue weighted by atomic mass is 16.6. The predicted octanol–water partition coefficient (Wildman–Crippen LogP) is 2.43. The van der Waals surface area contributed by atoms with Gasteiger partial charge in [0, 0.05) is 52.4 Å². The van der Waals surface area contributed by atoms with E-state index in [9.17, 15) is 0 Å². The first-order valence-corrected chi connectivity index (χ1v) is 10.8. The molecule has 4 aromatic rings. The minimum Gasteiger partial charge on any atom is -0.392 e. The molecular formula is C24H24N6O2. The van der Waals surface area contributed by atoms with Crippen molar-refractivity contribution in [3.05, 3.63) is 41.0 Å². The Morgan fingerprint density at radius 3 is 2.78 bits per heavy atom. The summed E-state index contributed by atoms with van der Waals surface area (Å²) in [4.78, 5) is 26.0. The number of fused-ring (bicyclic) bond motifs is 4. The van der Waals surface area contributed by atoms with Crippen molar-refractivity contribution in [2.24, 2.45) is 17.0 Å². The van der Waals surface area contributed by atoms with Crippen LogP contribution in [0.15, 0.2) is 29.9 Å². The molecular weight excluding hydrogens is 404 g/mol. The molecule has 1 aliphatic carbocycles. The molecule has 5 heterocycles. The van der Waals surface area contributed by atoms with Gasteiger partial charge in [-0.3, -0.25) is 4.98 Å². The van der Waals surface area contributed by atoms with E-state index >= 15 is 0 Å². The molecule has 0 radical (unpaired) electrons. The molecule has 162 valence electrons. The van der Waals surface area contributed by atoms with Gasteiger partial charge in [0.05, 0.1) is 34.6 Å². The standard InChI is InChI=1S/C24H24N6O2/c1-11-21(14-5-6-25-9-18(14)28-11)23-22-15-8-19(31-4)16(20-12(2)30-32-13(20)3)7-17(15)29-24(22)27-10-26-23/h5-10,13,16,19-20,28H,1-4H3,(H,26,27,29). The maximum absolute atomic E-state index is 5.95. The molecule has 0 bridgehead atoms. The summed E-state index contributed by atoms with van der Waals surface area (Å²) in [5, 5.41) is 8.41. The molecule has 8 heteroatoms.